The molecule has 3 fully saturated rings. The molecule has 10 nitrogen and oxygen atoms in total. The zero-order valence-electron chi connectivity index (χ0n) is 28.2. The molecule has 1 aromatic carbocycles. The average Bonchev–Trinajstić information content (AvgIpc) is 3.65. The Balaban J connectivity index is 1.30. The van der Waals surface area contributed by atoms with Crippen molar-refractivity contribution in [1.82, 2.24) is 15.2 Å². The molecule has 1 saturated heterocycles. The zero-order chi connectivity index (χ0) is 33.9. The van der Waals surface area contributed by atoms with Gasteiger partial charge < -0.3 is 30.4 Å². The number of alkyl halides is 1. The van der Waals surface area contributed by atoms with E-state index in [0.717, 1.165) is 37.5 Å². The first-order valence-electron chi connectivity index (χ1n) is 17.4. The minimum atomic E-state index is -1.02. The Bertz CT molecular complexity index is 1450. The number of likely N-dealkylation sites (tertiary alicyclic amines) is 1. The van der Waals surface area contributed by atoms with Gasteiger partial charge in [0.1, 0.15) is 24.0 Å². The van der Waals surface area contributed by atoms with E-state index in [1.54, 1.807) is 37.8 Å². The Morgan fingerprint density at radius 1 is 1.04 bits per heavy atom. The number of H-pyrrole nitrogens is 1. The highest BCUT2D eigenvalue weighted by atomic mass is 19.1. The lowest BCUT2D eigenvalue weighted by Crippen LogP contribution is -2.50. The fourth-order valence-electron chi connectivity index (χ4n) is 8.29. The molecule has 2 heterocycles. The fourth-order valence-corrected chi connectivity index (χ4v) is 8.29. The number of ether oxygens (including phenoxy) is 1. The van der Waals surface area contributed by atoms with Gasteiger partial charge in [-0.15, -0.1) is 0 Å². The predicted octanol–water partition coefficient (Wildman–Crippen LogP) is 6.83. The Morgan fingerprint density at radius 2 is 1.74 bits per heavy atom. The van der Waals surface area contributed by atoms with E-state index in [-0.39, 0.29) is 35.3 Å². The number of alkyl carbamates (subject to hydrolysis) is 1. The number of carbonyl (C=O) groups excluding carboxylic acids is 3. The molecule has 0 unspecified atom stereocenters. The van der Waals surface area contributed by atoms with Crippen LogP contribution in [0.4, 0.5) is 14.9 Å². The molecular formula is C36H51FN4O6. The molecular weight excluding hydrogens is 603 g/mol. The summed E-state index contributed by atoms with van der Waals surface area (Å²) in [7, 11) is 0. The van der Waals surface area contributed by atoms with Crippen LogP contribution in [0.5, 0.6) is 0 Å². The summed E-state index contributed by atoms with van der Waals surface area (Å²) in [5.74, 6) is -1.13. The Morgan fingerprint density at radius 3 is 2.36 bits per heavy atom. The summed E-state index contributed by atoms with van der Waals surface area (Å²) >= 11 is 0. The molecule has 11 heteroatoms. The number of halogens is 1. The van der Waals surface area contributed by atoms with Crippen molar-refractivity contribution in [3.05, 3.63) is 29.5 Å². The highest BCUT2D eigenvalue weighted by Gasteiger charge is 2.47. The number of fused-ring (bicyclic) bond motifs is 1. The third-order valence-corrected chi connectivity index (χ3v) is 10.6. The quantitative estimate of drug-likeness (QED) is 0.234. The second-order valence-electron chi connectivity index (χ2n) is 14.7. The first-order chi connectivity index (χ1) is 22.4. The number of carbonyl (C=O) groups is 4. The molecule has 3 amide bonds. The van der Waals surface area contributed by atoms with E-state index >= 15 is 0 Å². The monoisotopic (exact) mass is 654 g/mol. The number of rotatable bonds is 9. The molecule has 5 rings (SSSR count). The lowest BCUT2D eigenvalue weighted by molar-refractivity contribution is -0.142. The summed E-state index contributed by atoms with van der Waals surface area (Å²) in [6.45, 7) is 7.02. The summed E-state index contributed by atoms with van der Waals surface area (Å²) in [4.78, 5) is 57.1. The zero-order valence-corrected chi connectivity index (χ0v) is 28.2. The number of benzene rings is 1. The van der Waals surface area contributed by atoms with Crippen LogP contribution >= 0.6 is 0 Å². The number of nitrogens with zero attached hydrogens (tertiary/aromatic N) is 1. The second-order valence-corrected chi connectivity index (χ2v) is 14.7. The van der Waals surface area contributed by atoms with E-state index in [0.29, 0.717) is 61.3 Å². The molecule has 3 atom stereocenters. The van der Waals surface area contributed by atoms with Gasteiger partial charge in [-0.2, -0.15) is 0 Å². The molecule has 0 radical (unpaired) electrons. The van der Waals surface area contributed by atoms with Crippen LogP contribution in [0.1, 0.15) is 108 Å². The summed E-state index contributed by atoms with van der Waals surface area (Å²) in [5, 5.41) is 16.2. The van der Waals surface area contributed by atoms with Crippen molar-refractivity contribution in [3.63, 3.8) is 0 Å². The Labute approximate surface area is 276 Å². The molecule has 0 spiro atoms. The number of aromatic nitrogens is 1. The number of amides is 3. The lowest BCUT2D eigenvalue weighted by atomic mass is 9.76. The van der Waals surface area contributed by atoms with Gasteiger partial charge in [0, 0.05) is 29.1 Å². The summed E-state index contributed by atoms with van der Waals surface area (Å²) in [5.41, 5.74) is 1.43. The van der Waals surface area contributed by atoms with Crippen molar-refractivity contribution in [2.75, 3.05) is 18.5 Å². The third kappa shape index (κ3) is 7.92. The number of carboxylic acid groups (broad SMARTS) is 1. The van der Waals surface area contributed by atoms with Gasteiger partial charge in [-0.05, 0) is 101 Å². The van der Waals surface area contributed by atoms with E-state index in [1.807, 2.05) is 13.0 Å². The van der Waals surface area contributed by atoms with Gasteiger partial charge in [-0.25, -0.2) is 14.0 Å². The SMILES string of the molecule is CCc1c(C(=O)O)[nH]c2ccc(NC(=O)[C@H]3[C@H](C4CCCCC4)CCN3C(=O)C3CCC([C@@H](CF)NC(=O)OC(C)(C)C)CC3)cc12. The largest absolute Gasteiger partial charge is 0.477 e. The maximum atomic E-state index is 14.2. The molecule has 258 valence electrons. The van der Waals surface area contributed by atoms with Gasteiger partial charge in [-0.3, -0.25) is 9.59 Å². The second kappa shape index (κ2) is 14.6. The molecule has 2 aromatic rings. The molecule has 2 saturated carbocycles. The number of hydrogen-bond donors (Lipinski definition) is 4. The summed E-state index contributed by atoms with van der Waals surface area (Å²) in [6, 6.07) is 4.12. The molecule has 1 aliphatic heterocycles. The standard InChI is InChI=1S/C36H51FN4O6/c1-5-25-27-19-24(15-16-28(27)39-30(25)34(44)45)38-32(42)31-26(21-9-7-6-8-10-21)17-18-41(31)33(43)23-13-11-22(12-14-23)29(20-37)40-35(46)47-36(2,3)4/h15-16,19,21-23,26,29,31,39H,5-14,17-18,20H2,1-4H3,(H,38,42)(H,40,46)(H,44,45)/t22?,23?,26-,29+,31+/m0/s1. The van der Waals surface area contributed by atoms with E-state index < -0.39 is 36.4 Å². The van der Waals surface area contributed by atoms with Gasteiger partial charge in [0.15, 0.2) is 0 Å². The number of nitrogens with one attached hydrogen (secondary N) is 3. The minimum absolute atomic E-state index is 0.0146. The number of aryl methyl sites for hydroxylation is 1. The first kappa shape index (κ1) is 34.7. The van der Waals surface area contributed by atoms with Gasteiger partial charge in [0.25, 0.3) is 0 Å². The van der Waals surface area contributed by atoms with Gasteiger partial charge >= 0.3 is 12.1 Å². The molecule has 1 aromatic heterocycles. The van der Waals surface area contributed by atoms with Gasteiger partial charge in [0.05, 0.1) is 6.04 Å². The maximum Gasteiger partial charge on any atom is 0.407 e. The van der Waals surface area contributed by atoms with Crippen LogP contribution in [-0.2, 0) is 20.7 Å². The maximum absolute atomic E-state index is 14.2. The van der Waals surface area contributed by atoms with Crippen LogP contribution in [-0.4, -0.2) is 69.8 Å². The van der Waals surface area contributed by atoms with E-state index in [1.165, 1.54) is 6.42 Å². The van der Waals surface area contributed by atoms with Crippen LogP contribution in [0.2, 0.25) is 0 Å². The van der Waals surface area contributed by atoms with Crippen molar-refractivity contribution >= 4 is 40.5 Å². The van der Waals surface area contributed by atoms with E-state index in [2.05, 4.69) is 15.6 Å². The molecule has 3 aliphatic rings. The number of aromatic amines is 1. The number of hydrogen-bond acceptors (Lipinski definition) is 5. The van der Waals surface area contributed by atoms with E-state index in [9.17, 15) is 28.7 Å². The molecule has 47 heavy (non-hydrogen) atoms. The smallest absolute Gasteiger partial charge is 0.407 e. The van der Waals surface area contributed by atoms with Crippen molar-refractivity contribution in [3.8, 4) is 0 Å². The van der Waals surface area contributed by atoms with Crippen molar-refractivity contribution < 1.29 is 33.4 Å². The number of anilines is 1. The van der Waals surface area contributed by atoms with Crippen LogP contribution in [0, 0.1) is 23.7 Å². The molecule has 4 N–H and O–H groups in total. The Kier molecular flexibility index (Phi) is 10.8. The number of aromatic carboxylic acids is 1. The lowest BCUT2D eigenvalue weighted by Gasteiger charge is -2.37. The predicted molar refractivity (Wildman–Crippen MR) is 178 cm³/mol. The molecule has 2 aliphatic carbocycles. The van der Waals surface area contributed by atoms with Crippen molar-refractivity contribution in [1.29, 1.82) is 0 Å². The summed E-state index contributed by atoms with van der Waals surface area (Å²) in [6.07, 6.45) is 8.62. The Hall–Kier alpha value is -3.63. The fraction of sp³-hybridized carbons (Fsp3) is 0.667. The van der Waals surface area contributed by atoms with Crippen LogP contribution < -0.4 is 10.6 Å². The minimum Gasteiger partial charge on any atom is -0.477 e. The third-order valence-electron chi connectivity index (χ3n) is 10.6. The topological polar surface area (TPSA) is 141 Å². The van der Waals surface area contributed by atoms with Crippen molar-refractivity contribution in [2.45, 2.75) is 116 Å². The van der Waals surface area contributed by atoms with Gasteiger partial charge in [0.2, 0.25) is 11.8 Å². The van der Waals surface area contributed by atoms with Crippen LogP contribution in [0.25, 0.3) is 10.9 Å². The van der Waals surface area contributed by atoms with Crippen molar-refractivity contribution in [2.24, 2.45) is 23.7 Å². The van der Waals surface area contributed by atoms with Crippen LogP contribution in [0.3, 0.4) is 0 Å². The normalized spacial score (nSPS) is 24.6. The van der Waals surface area contributed by atoms with E-state index in [4.69, 9.17) is 4.74 Å². The van der Waals surface area contributed by atoms with Crippen LogP contribution in [0.15, 0.2) is 18.2 Å². The van der Waals surface area contributed by atoms with Gasteiger partial charge in [-0.1, -0.05) is 39.0 Å². The summed E-state index contributed by atoms with van der Waals surface area (Å²) < 4.78 is 19.4. The highest BCUT2D eigenvalue weighted by Crippen LogP contribution is 2.41. The number of carboxylic acids is 1. The highest BCUT2D eigenvalue weighted by molar-refractivity contribution is 6.02. The first-order valence-corrected chi connectivity index (χ1v) is 17.4. The molecule has 0 bridgehead atoms. The average molecular weight is 655 g/mol.